The fraction of sp³-hybridized carbons (Fsp3) is 0.588. The molecule has 0 aromatic heterocycles. The van der Waals surface area contributed by atoms with Crippen molar-refractivity contribution in [1.82, 2.24) is 4.90 Å². The molecular weight excluding hydrogens is 264 g/mol. The summed E-state index contributed by atoms with van der Waals surface area (Å²) in [5.74, 6) is 0.886. The highest BCUT2D eigenvalue weighted by Crippen LogP contribution is 2.36. The summed E-state index contributed by atoms with van der Waals surface area (Å²) < 4.78 is 5.18. The molecule has 1 aromatic rings. The van der Waals surface area contributed by atoms with Crippen LogP contribution in [0.3, 0.4) is 0 Å². The Morgan fingerprint density at radius 1 is 1.43 bits per heavy atom. The largest absolute Gasteiger partial charge is 0.383 e. The first-order chi connectivity index (χ1) is 10.2. The molecule has 2 atom stereocenters. The molecule has 21 heavy (non-hydrogen) atoms. The first-order valence-corrected chi connectivity index (χ1v) is 7.84. The summed E-state index contributed by atoms with van der Waals surface area (Å²) >= 11 is 0. The molecule has 0 spiro atoms. The van der Waals surface area contributed by atoms with Gasteiger partial charge in [0.05, 0.1) is 6.61 Å². The van der Waals surface area contributed by atoms with Gasteiger partial charge in [0.2, 0.25) is 5.91 Å². The monoisotopic (exact) mass is 288 g/mol. The van der Waals surface area contributed by atoms with Gasteiger partial charge in [-0.3, -0.25) is 4.79 Å². The Kier molecular flexibility index (Phi) is 4.15. The van der Waals surface area contributed by atoms with Gasteiger partial charge in [-0.2, -0.15) is 0 Å². The van der Waals surface area contributed by atoms with E-state index in [-0.39, 0.29) is 11.9 Å². The minimum absolute atomic E-state index is 0.125. The fourth-order valence-corrected chi connectivity index (χ4v) is 3.18. The number of nitrogens with one attached hydrogen (secondary N) is 1. The van der Waals surface area contributed by atoms with Crippen molar-refractivity contribution >= 4 is 11.6 Å². The Labute approximate surface area is 126 Å². The van der Waals surface area contributed by atoms with Crippen LogP contribution in [-0.4, -0.2) is 43.2 Å². The third-order valence-corrected chi connectivity index (χ3v) is 4.68. The van der Waals surface area contributed by atoms with Crippen LogP contribution in [0.25, 0.3) is 0 Å². The Hall–Kier alpha value is -1.55. The predicted octanol–water partition coefficient (Wildman–Crippen LogP) is 2.30. The molecular formula is C17H24N2O2. The van der Waals surface area contributed by atoms with Gasteiger partial charge in [0, 0.05) is 31.8 Å². The lowest BCUT2D eigenvalue weighted by Crippen LogP contribution is -2.48. The number of anilines is 1. The lowest BCUT2D eigenvalue weighted by Gasteiger charge is -2.31. The number of carbonyl (C=O) groups excluding carboxylic acids is 1. The van der Waals surface area contributed by atoms with E-state index in [9.17, 15) is 4.79 Å². The summed E-state index contributed by atoms with van der Waals surface area (Å²) in [6, 6.07) is 8.38. The maximum atomic E-state index is 12.9. The van der Waals surface area contributed by atoms with Crippen LogP contribution in [0.1, 0.15) is 25.3 Å². The van der Waals surface area contributed by atoms with E-state index in [4.69, 9.17) is 4.74 Å². The first-order valence-electron chi connectivity index (χ1n) is 7.84. The molecule has 0 bridgehead atoms. The van der Waals surface area contributed by atoms with Crippen LogP contribution >= 0.6 is 0 Å². The number of hydrogen-bond acceptors (Lipinski definition) is 3. The average molecular weight is 288 g/mol. The smallest absolute Gasteiger partial charge is 0.245 e. The summed E-state index contributed by atoms with van der Waals surface area (Å²) in [6.07, 6.45) is 3.28. The summed E-state index contributed by atoms with van der Waals surface area (Å²) in [5.41, 5.74) is 2.34. The summed E-state index contributed by atoms with van der Waals surface area (Å²) in [5, 5.41) is 3.37. The molecule has 0 saturated heterocycles. The molecule has 1 aliphatic carbocycles. The second-order valence-corrected chi connectivity index (χ2v) is 6.16. The van der Waals surface area contributed by atoms with Crippen molar-refractivity contribution in [3.8, 4) is 0 Å². The van der Waals surface area contributed by atoms with Crippen molar-refractivity contribution in [2.45, 2.75) is 38.3 Å². The van der Waals surface area contributed by atoms with Gasteiger partial charge in [-0.25, -0.2) is 0 Å². The second-order valence-electron chi connectivity index (χ2n) is 6.16. The Balaban J connectivity index is 1.69. The minimum atomic E-state index is -0.125. The van der Waals surface area contributed by atoms with Crippen molar-refractivity contribution in [2.75, 3.05) is 25.6 Å². The van der Waals surface area contributed by atoms with Crippen LogP contribution in [-0.2, 0) is 16.0 Å². The Morgan fingerprint density at radius 2 is 2.19 bits per heavy atom. The van der Waals surface area contributed by atoms with Crippen LogP contribution in [0.5, 0.6) is 0 Å². The molecule has 1 aromatic carbocycles. The van der Waals surface area contributed by atoms with Crippen molar-refractivity contribution < 1.29 is 9.53 Å². The van der Waals surface area contributed by atoms with Gasteiger partial charge in [-0.05, 0) is 37.3 Å². The molecule has 1 fully saturated rings. The number of methoxy groups -OCH3 is 1. The highest BCUT2D eigenvalue weighted by atomic mass is 16.5. The quantitative estimate of drug-likeness (QED) is 0.873. The van der Waals surface area contributed by atoms with Crippen molar-refractivity contribution in [2.24, 2.45) is 5.92 Å². The van der Waals surface area contributed by atoms with Gasteiger partial charge in [0.15, 0.2) is 0 Å². The molecule has 1 saturated carbocycles. The van der Waals surface area contributed by atoms with E-state index in [0.29, 0.717) is 25.1 Å². The minimum Gasteiger partial charge on any atom is -0.383 e. The lowest BCUT2D eigenvalue weighted by molar-refractivity contribution is -0.135. The van der Waals surface area contributed by atoms with E-state index in [1.54, 1.807) is 7.11 Å². The first kappa shape index (κ1) is 14.4. The highest BCUT2D eigenvalue weighted by molar-refractivity contribution is 5.87. The van der Waals surface area contributed by atoms with E-state index in [2.05, 4.69) is 18.3 Å². The molecule has 114 valence electrons. The van der Waals surface area contributed by atoms with E-state index < -0.39 is 0 Å². The fourth-order valence-electron chi connectivity index (χ4n) is 3.18. The maximum Gasteiger partial charge on any atom is 0.245 e. The van der Waals surface area contributed by atoms with E-state index in [1.807, 2.05) is 23.1 Å². The molecule has 1 unspecified atom stereocenters. The summed E-state index contributed by atoms with van der Waals surface area (Å²) in [7, 11) is 1.69. The molecule has 0 radical (unpaired) electrons. The molecule has 1 aliphatic heterocycles. The molecule has 4 nitrogen and oxygen atoms in total. The van der Waals surface area contributed by atoms with Crippen LogP contribution in [0, 0.1) is 5.92 Å². The third kappa shape index (κ3) is 3.05. The van der Waals surface area contributed by atoms with E-state index in [0.717, 1.165) is 12.1 Å². The predicted molar refractivity (Wildman–Crippen MR) is 83.3 cm³/mol. The third-order valence-electron chi connectivity index (χ3n) is 4.68. The zero-order chi connectivity index (χ0) is 14.8. The standard InChI is InChI=1S/C17H24N2O2/c1-12(13-7-8-13)19(9-10-21-2)17(20)16-11-14-5-3-4-6-15(14)18-16/h3-6,12-13,16,18H,7-11H2,1-2H3/t12?,16-/m0/s1. The molecule has 4 heteroatoms. The van der Waals surface area contributed by atoms with Gasteiger partial charge in [0.25, 0.3) is 0 Å². The number of carbonyl (C=O) groups is 1. The van der Waals surface area contributed by atoms with E-state index in [1.165, 1.54) is 18.4 Å². The number of para-hydroxylation sites is 1. The topological polar surface area (TPSA) is 41.6 Å². The zero-order valence-corrected chi connectivity index (χ0v) is 12.8. The van der Waals surface area contributed by atoms with Crippen molar-refractivity contribution in [3.05, 3.63) is 29.8 Å². The number of fused-ring (bicyclic) bond motifs is 1. The lowest BCUT2D eigenvalue weighted by atomic mass is 10.1. The molecule has 2 aliphatic rings. The number of nitrogens with zero attached hydrogens (tertiary/aromatic N) is 1. The van der Waals surface area contributed by atoms with Gasteiger partial charge >= 0.3 is 0 Å². The Bertz CT molecular complexity index is 488. The maximum absolute atomic E-state index is 12.9. The van der Waals surface area contributed by atoms with Gasteiger partial charge in [-0.1, -0.05) is 18.2 Å². The number of rotatable bonds is 6. The number of ether oxygens (including phenoxy) is 1. The van der Waals surface area contributed by atoms with Gasteiger partial charge < -0.3 is 15.0 Å². The molecule has 3 rings (SSSR count). The van der Waals surface area contributed by atoms with Gasteiger partial charge in [0.1, 0.15) is 6.04 Å². The van der Waals surface area contributed by atoms with Gasteiger partial charge in [-0.15, -0.1) is 0 Å². The van der Waals surface area contributed by atoms with E-state index >= 15 is 0 Å². The summed E-state index contributed by atoms with van der Waals surface area (Å²) in [4.78, 5) is 14.9. The zero-order valence-electron chi connectivity index (χ0n) is 12.8. The van der Waals surface area contributed by atoms with Crippen LogP contribution in [0.4, 0.5) is 5.69 Å². The average Bonchev–Trinajstić information content (AvgIpc) is 3.25. The Morgan fingerprint density at radius 3 is 2.86 bits per heavy atom. The number of amides is 1. The normalized spacial score (nSPS) is 21.5. The second kappa shape index (κ2) is 6.06. The highest BCUT2D eigenvalue weighted by Gasteiger charge is 2.37. The SMILES string of the molecule is COCCN(C(=O)[C@@H]1Cc2ccccc2N1)C(C)C1CC1. The van der Waals surface area contributed by atoms with Crippen molar-refractivity contribution in [1.29, 1.82) is 0 Å². The van der Waals surface area contributed by atoms with Crippen LogP contribution in [0.15, 0.2) is 24.3 Å². The van der Waals surface area contributed by atoms with Crippen LogP contribution in [0.2, 0.25) is 0 Å². The number of benzene rings is 1. The molecule has 1 amide bonds. The number of hydrogen-bond donors (Lipinski definition) is 1. The summed E-state index contributed by atoms with van der Waals surface area (Å²) in [6.45, 7) is 3.46. The molecule has 1 heterocycles. The van der Waals surface area contributed by atoms with Crippen LogP contribution < -0.4 is 5.32 Å². The molecule has 1 N–H and O–H groups in total. The van der Waals surface area contributed by atoms with Crippen molar-refractivity contribution in [3.63, 3.8) is 0 Å².